The first-order valence-corrected chi connectivity index (χ1v) is 16.6. The van der Waals surface area contributed by atoms with Crippen LogP contribution < -0.4 is 4.57 Å². The molecule has 38 heavy (non-hydrogen) atoms. The van der Waals surface area contributed by atoms with Crippen molar-refractivity contribution in [3.05, 3.63) is 29.2 Å². The van der Waals surface area contributed by atoms with E-state index in [-0.39, 0.29) is 6.61 Å². The average molecular weight is 553 g/mol. The highest BCUT2D eigenvalue weighted by Crippen LogP contribution is 2.13. The van der Waals surface area contributed by atoms with Crippen LogP contribution in [0.4, 0.5) is 4.79 Å². The number of hydrogen-bond donors (Lipinski definition) is 0. The number of nitrogens with zero attached hydrogens (tertiary/aromatic N) is 1. The molecule has 0 aliphatic carbocycles. The summed E-state index contributed by atoms with van der Waals surface area (Å²) >= 11 is 1.73. The third-order valence-corrected chi connectivity index (χ3v) is 7.57. The van der Waals surface area contributed by atoms with E-state index < -0.39 is 6.16 Å². The van der Waals surface area contributed by atoms with E-state index in [9.17, 15) is 4.79 Å². The Morgan fingerprint density at radius 2 is 1.21 bits per heavy atom. The Hall–Kier alpha value is -1.40. The summed E-state index contributed by atoms with van der Waals surface area (Å²) in [6.07, 6.45) is 27.5. The van der Waals surface area contributed by atoms with Crippen LogP contribution in [0, 0.1) is 0 Å². The van der Waals surface area contributed by atoms with Crippen molar-refractivity contribution in [2.75, 3.05) is 26.4 Å². The highest BCUT2D eigenvalue weighted by atomic mass is 32.1. The van der Waals surface area contributed by atoms with Crippen molar-refractivity contribution >= 4 is 17.5 Å². The first kappa shape index (κ1) is 34.6. The quantitative estimate of drug-likeness (QED) is 0.0449. The summed E-state index contributed by atoms with van der Waals surface area (Å²) in [6.45, 7) is 9.04. The Morgan fingerprint density at radius 3 is 1.76 bits per heavy atom. The van der Waals surface area contributed by atoms with Crippen LogP contribution in [0.1, 0.15) is 135 Å². The smallest absolute Gasteiger partial charge is 0.434 e. The zero-order chi connectivity index (χ0) is 27.4. The fourth-order valence-electron chi connectivity index (χ4n) is 4.51. The van der Waals surface area contributed by atoms with Crippen molar-refractivity contribution in [1.82, 2.24) is 0 Å². The van der Waals surface area contributed by atoms with Crippen molar-refractivity contribution < 1.29 is 23.6 Å². The normalized spacial score (nSPS) is 11.1. The van der Waals surface area contributed by atoms with E-state index in [0.717, 1.165) is 31.4 Å². The van der Waals surface area contributed by atoms with Gasteiger partial charge in [-0.25, -0.2) is 4.79 Å². The molecule has 0 fully saturated rings. The second-order valence-electron chi connectivity index (χ2n) is 10.7. The zero-order valence-electron chi connectivity index (χ0n) is 24.6. The molecular weight excluding hydrogens is 494 g/mol. The predicted octanol–water partition coefficient (Wildman–Crippen LogP) is 9.58. The minimum atomic E-state index is -0.601. The van der Waals surface area contributed by atoms with Gasteiger partial charge in [-0.3, -0.25) is 0 Å². The van der Waals surface area contributed by atoms with Gasteiger partial charge in [-0.2, -0.15) is 4.57 Å². The second kappa shape index (κ2) is 27.2. The fraction of sp³-hybridized carbons (Fsp3) is 0.812. The monoisotopic (exact) mass is 552 g/mol. The second-order valence-corrected chi connectivity index (χ2v) is 11.4. The Labute approximate surface area is 238 Å². The fourth-order valence-corrected chi connectivity index (χ4v) is 5.14. The van der Waals surface area contributed by atoms with Crippen LogP contribution in [0.15, 0.2) is 29.2 Å². The van der Waals surface area contributed by atoms with Crippen LogP contribution >= 0.6 is 11.3 Å². The number of aromatic nitrogens is 1. The highest BCUT2D eigenvalue weighted by Gasteiger charge is 2.05. The molecule has 0 aliphatic heterocycles. The maximum Gasteiger partial charge on any atom is 0.508 e. The first-order valence-electron chi connectivity index (χ1n) is 15.7. The maximum absolute atomic E-state index is 11.7. The number of carbonyl (C=O) groups is 1. The van der Waals surface area contributed by atoms with Crippen LogP contribution in [0.25, 0.3) is 0 Å². The molecule has 1 rings (SSSR count). The number of aryl methyl sites for hydroxylation is 1. The van der Waals surface area contributed by atoms with E-state index in [1.807, 2.05) is 0 Å². The summed E-state index contributed by atoms with van der Waals surface area (Å²) in [6, 6.07) is 0. The number of unbranched alkanes of at least 4 members (excludes halogenated alkanes) is 18. The molecule has 0 saturated carbocycles. The number of thiazole rings is 1. The minimum absolute atomic E-state index is 0.162. The van der Waals surface area contributed by atoms with Crippen LogP contribution in [-0.4, -0.2) is 32.6 Å². The van der Waals surface area contributed by atoms with E-state index in [1.165, 1.54) is 109 Å². The van der Waals surface area contributed by atoms with E-state index in [4.69, 9.17) is 14.2 Å². The summed E-state index contributed by atoms with van der Waals surface area (Å²) in [4.78, 5) is 11.7. The zero-order valence-corrected chi connectivity index (χ0v) is 25.4. The van der Waals surface area contributed by atoms with E-state index in [1.54, 1.807) is 11.3 Å². The summed E-state index contributed by atoms with van der Waals surface area (Å²) in [5, 5.41) is 2.10. The minimum Gasteiger partial charge on any atom is -0.434 e. The average Bonchev–Trinajstić information content (AvgIpc) is 3.44. The van der Waals surface area contributed by atoms with Gasteiger partial charge in [0.25, 0.3) is 0 Å². The molecule has 1 aromatic heterocycles. The Bertz CT molecular complexity index is 650. The third-order valence-electron chi connectivity index (χ3n) is 6.90. The lowest BCUT2D eigenvalue weighted by atomic mass is 10.0. The molecule has 220 valence electrons. The van der Waals surface area contributed by atoms with Gasteiger partial charge in [0.15, 0.2) is 6.20 Å². The van der Waals surface area contributed by atoms with Crippen LogP contribution in [0.2, 0.25) is 0 Å². The Kier molecular flexibility index (Phi) is 24.8. The molecule has 1 aromatic rings. The van der Waals surface area contributed by atoms with Gasteiger partial charge in [0.1, 0.15) is 13.2 Å². The molecule has 0 bridgehead atoms. The molecule has 0 spiro atoms. The summed E-state index contributed by atoms with van der Waals surface area (Å²) in [5.41, 5.74) is 2.91. The van der Waals surface area contributed by atoms with Crippen LogP contribution in [-0.2, 0) is 20.8 Å². The number of ether oxygens (including phenoxy) is 3. The molecule has 0 amide bonds. The first-order chi connectivity index (χ1) is 18.7. The largest absolute Gasteiger partial charge is 0.508 e. The van der Waals surface area contributed by atoms with Gasteiger partial charge >= 0.3 is 6.16 Å². The molecule has 0 atom stereocenters. The van der Waals surface area contributed by atoms with Gasteiger partial charge in [-0.05, 0) is 24.8 Å². The Balaban J connectivity index is 1.74. The predicted molar refractivity (Wildman–Crippen MR) is 160 cm³/mol. The van der Waals surface area contributed by atoms with Gasteiger partial charge in [-0.1, -0.05) is 128 Å². The molecule has 5 nitrogen and oxygen atoms in total. The highest BCUT2D eigenvalue weighted by molar-refractivity contribution is 7.07. The third kappa shape index (κ3) is 23.7. The van der Waals surface area contributed by atoms with Crippen LogP contribution in [0.5, 0.6) is 0 Å². The van der Waals surface area contributed by atoms with Crippen molar-refractivity contribution in [3.8, 4) is 0 Å². The van der Waals surface area contributed by atoms with Crippen molar-refractivity contribution in [1.29, 1.82) is 0 Å². The van der Waals surface area contributed by atoms with Gasteiger partial charge in [-0.15, -0.1) is 0 Å². The lowest BCUT2D eigenvalue weighted by Crippen LogP contribution is -2.29. The van der Waals surface area contributed by atoms with E-state index >= 15 is 0 Å². The van der Waals surface area contributed by atoms with E-state index in [0.29, 0.717) is 19.8 Å². The van der Waals surface area contributed by atoms with Crippen molar-refractivity contribution in [3.63, 3.8) is 0 Å². The van der Waals surface area contributed by atoms with Gasteiger partial charge in [0, 0.05) is 13.0 Å². The van der Waals surface area contributed by atoms with Crippen molar-refractivity contribution in [2.24, 2.45) is 0 Å². The topological polar surface area (TPSA) is 48.6 Å². The van der Waals surface area contributed by atoms with Crippen LogP contribution in [0.3, 0.4) is 0 Å². The molecule has 0 unspecified atom stereocenters. The number of rotatable bonds is 28. The molecule has 0 N–H and O–H groups in total. The molecule has 1 heterocycles. The molecule has 0 aromatic carbocycles. The lowest BCUT2D eigenvalue weighted by molar-refractivity contribution is -0.692. The molecule has 0 saturated heterocycles. The SMILES string of the molecule is C=C(COCCCCCC[n+]1ccsc1)COC(=O)OCCCCCCCCCCCCCCCCCC. The number of carbonyl (C=O) groups excluding carboxylic acids is 1. The van der Waals surface area contributed by atoms with Gasteiger partial charge in [0.2, 0.25) is 5.51 Å². The van der Waals surface area contributed by atoms with Crippen molar-refractivity contribution in [2.45, 2.75) is 142 Å². The van der Waals surface area contributed by atoms with Gasteiger partial charge in [0.05, 0.1) is 18.6 Å². The molecular formula is C32H58NO4S+. The maximum atomic E-state index is 11.7. The summed E-state index contributed by atoms with van der Waals surface area (Å²) in [7, 11) is 0. The summed E-state index contributed by atoms with van der Waals surface area (Å²) in [5.74, 6) is 0. The van der Waals surface area contributed by atoms with E-state index in [2.05, 4.69) is 35.2 Å². The molecule has 0 aliphatic rings. The lowest BCUT2D eigenvalue weighted by Gasteiger charge is -2.09. The molecule has 6 heteroatoms. The molecule has 0 radical (unpaired) electrons. The van der Waals surface area contributed by atoms with Gasteiger partial charge < -0.3 is 14.2 Å². The standard InChI is InChI=1S/C32H58NO4S/c1-3-4-5-6-7-8-9-10-11-12-13-14-15-16-18-22-26-36-32(34)37-29-31(2)28-35-25-21-19-17-20-23-33-24-27-38-30-33/h24,27,30H,2-23,25-26,28-29H2,1H3/q+1. The number of hydrogen-bond acceptors (Lipinski definition) is 5. The summed E-state index contributed by atoms with van der Waals surface area (Å²) < 4.78 is 18.2. The Morgan fingerprint density at radius 1 is 0.684 bits per heavy atom.